The number of ether oxygens (including phenoxy) is 1. The average Bonchev–Trinajstić information content (AvgIpc) is 3.25. The summed E-state index contributed by atoms with van der Waals surface area (Å²) in [5, 5.41) is 20.2. The maximum absolute atomic E-state index is 12.1. The Kier molecular flexibility index (Phi) is 7.08. The highest BCUT2D eigenvalue weighted by Gasteiger charge is 2.51. The zero-order chi connectivity index (χ0) is 23.9. The number of cyclic esters (lactones) is 1. The van der Waals surface area contributed by atoms with Crippen LogP contribution in [-0.2, 0) is 9.53 Å². The minimum atomic E-state index is -0.639. The topological polar surface area (TPSA) is 66.8 Å². The van der Waals surface area contributed by atoms with Crippen LogP contribution < -0.4 is 0 Å². The summed E-state index contributed by atoms with van der Waals surface area (Å²) in [6, 6.07) is 0. The summed E-state index contributed by atoms with van der Waals surface area (Å²) in [6.07, 6.45) is 12.0. The first kappa shape index (κ1) is 24.5. The van der Waals surface area contributed by atoms with E-state index in [9.17, 15) is 15.0 Å². The molecular weight excluding hydrogens is 412 g/mol. The molecule has 3 saturated carbocycles. The van der Waals surface area contributed by atoms with Gasteiger partial charge in [0.2, 0.25) is 0 Å². The molecule has 1 saturated heterocycles. The molecule has 8 atom stereocenters. The monoisotopic (exact) mass is 454 g/mol. The van der Waals surface area contributed by atoms with Crippen molar-refractivity contribution in [1.29, 1.82) is 0 Å². The fourth-order valence-corrected chi connectivity index (χ4v) is 7.60. The van der Waals surface area contributed by atoms with Gasteiger partial charge in [-0.05, 0) is 85.7 Å². The molecule has 4 aliphatic rings. The smallest absolute Gasteiger partial charge is 0.334 e. The highest BCUT2D eigenvalue weighted by Crippen LogP contribution is 2.60. The molecule has 3 aliphatic carbocycles. The summed E-state index contributed by atoms with van der Waals surface area (Å²) >= 11 is 0. The summed E-state index contributed by atoms with van der Waals surface area (Å²) in [5.41, 5.74) is 4.18. The molecule has 0 spiro atoms. The minimum absolute atomic E-state index is 0.0221. The van der Waals surface area contributed by atoms with Gasteiger partial charge in [-0.25, -0.2) is 4.79 Å². The molecule has 4 rings (SSSR count). The summed E-state index contributed by atoms with van der Waals surface area (Å²) in [7, 11) is 0. The van der Waals surface area contributed by atoms with Crippen molar-refractivity contribution in [2.45, 2.75) is 96.9 Å². The zero-order valence-corrected chi connectivity index (χ0v) is 20.7. The van der Waals surface area contributed by atoms with Gasteiger partial charge in [0.1, 0.15) is 6.10 Å². The van der Waals surface area contributed by atoms with Crippen LogP contribution in [0.3, 0.4) is 0 Å². The Balaban J connectivity index is 1.49. The first-order valence-corrected chi connectivity index (χ1v) is 13.0. The minimum Gasteiger partial charge on any atom is -0.458 e. The third-order valence-electron chi connectivity index (χ3n) is 9.45. The van der Waals surface area contributed by atoms with Gasteiger partial charge in [-0.2, -0.15) is 0 Å². The van der Waals surface area contributed by atoms with Gasteiger partial charge < -0.3 is 14.9 Å². The van der Waals surface area contributed by atoms with Gasteiger partial charge in [-0.1, -0.05) is 51.7 Å². The second-order valence-corrected chi connectivity index (χ2v) is 11.4. The van der Waals surface area contributed by atoms with Gasteiger partial charge in [-0.15, -0.1) is 0 Å². The SMILES string of the molecule is C=C1C(=O)O[C@@H](C[C@@H](C)[C@H]2CC[C@H]3/C(=C/C=C4/C[C@@H](O)C[C@H](O)C4=C)CCC[C@]23C)[C@@H]1CC. The molecule has 0 aromatic rings. The quantitative estimate of drug-likeness (QED) is 0.415. The van der Waals surface area contributed by atoms with Crippen molar-refractivity contribution in [1.82, 2.24) is 0 Å². The molecule has 1 aliphatic heterocycles. The van der Waals surface area contributed by atoms with E-state index in [1.54, 1.807) is 0 Å². The van der Waals surface area contributed by atoms with Crippen molar-refractivity contribution < 1.29 is 19.7 Å². The van der Waals surface area contributed by atoms with Crippen molar-refractivity contribution in [3.05, 3.63) is 47.6 Å². The largest absolute Gasteiger partial charge is 0.458 e. The Hall–Kier alpha value is -1.65. The number of hydrogen-bond donors (Lipinski definition) is 2. The van der Waals surface area contributed by atoms with Crippen molar-refractivity contribution in [3.8, 4) is 0 Å². The van der Waals surface area contributed by atoms with E-state index in [-0.39, 0.29) is 23.4 Å². The van der Waals surface area contributed by atoms with Crippen LogP contribution in [-0.4, -0.2) is 34.5 Å². The Labute approximate surface area is 199 Å². The highest BCUT2D eigenvalue weighted by molar-refractivity contribution is 5.90. The number of allylic oxidation sites excluding steroid dienone is 3. The molecular formula is C29H42O4. The van der Waals surface area contributed by atoms with E-state index >= 15 is 0 Å². The van der Waals surface area contributed by atoms with Gasteiger partial charge in [0.05, 0.1) is 12.2 Å². The van der Waals surface area contributed by atoms with E-state index in [0.717, 1.165) is 30.4 Å². The van der Waals surface area contributed by atoms with Gasteiger partial charge >= 0.3 is 5.97 Å². The number of rotatable bonds is 5. The summed E-state index contributed by atoms with van der Waals surface area (Å²) in [5.74, 6) is 1.65. The lowest BCUT2D eigenvalue weighted by atomic mass is 9.60. The zero-order valence-electron chi connectivity index (χ0n) is 20.7. The molecule has 0 radical (unpaired) electrons. The van der Waals surface area contributed by atoms with Crippen LogP contribution in [0.15, 0.2) is 47.6 Å². The second-order valence-electron chi connectivity index (χ2n) is 11.4. The standard InChI is InChI=1S/C29H42O4/c1-6-23-19(4)28(32)33-27(23)14-17(2)24-11-12-25-20(8-7-13-29(24,25)5)9-10-21-15-22(30)16-26(31)18(21)3/h9-10,17,22-27,30-31H,3-4,6-8,11-16H2,1-2,5H3/b20-9+,21-10-/t17-,22-,23-,24-,25+,26+,27+,29-/m1/s1. The lowest BCUT2D eigenvalue weighted by Crippen LogP contribution is -2.37. The molecule has 0 aromatic carbocycles. The molecule has 4 fully saturated rings. The first-order chi connectivity index (χ1) is 15.7. The lowest BCUT2D eigenvalue weighted by Gasteiger charge is -2.44. The van der Waals surface area contributed by atoms with Crippen LogP contribution in [0.4, 0.5) is 0 Å². The van der Waals surface area contributed by atoms with Crippen molar-refractivity contribution in [3.63, 3.8) is 0 Å². The Bertz CT molecular complexity index is 867. The maximum atomic E-state index is 12.1. The summed E-state index contributed by atoms with van der Waals surface area (Å²) in [4.78, 5) is 12.1. The number of hydrogen-bond acceptors (Lipinski definition) is 4. The Morgan fingerprint density at radius 2 is 1.97 bits per heavy atom. The van der Waals surface area contributed by atoms with Crippen LogP contribution in [0.5, 0.6) is 0 Å². The van der Waals surface area contributed by atoms with Gasteiger partial charge in [0.25, 0.3) is 0 Å². The predicted octanol–water partition coefficient (Wildman–Crippen LogP) is 5.66. The highest BCUT2D eigenvalue weighted by atomic mass is 16.6. The molecule has 0 unspecified atom stereocenters. The van der Waals surface area contributed by atoms with Crippen LogP contribution >= 0.6 is 0 Å². The number of fused-ring (bicyclic) bond motifs is 1. The molecule has 0 aromatic heterocycles. The molecule has 4 nitrogen and oxygen atoms in total. The van der Waals surface area contributed by atoms with Crippen LogP contribution in [0.2, 0.25) is 0 Å². The third kappa shape index (κ3) is 4.53. The molecule has 4 heteroatoms. The molecule has 2 N–H and O–H groups in total. The first-order valence-electron chi connectivity index (χ1n) is 13.0. The summed E-state index contributed by atoms with van der Waals surface area (Å²) < 4.78 is 5.72. The Morgan fingerprint density at radius 1 is 1.21 bits per heavy atom. The number of carbonyl (C=O) groups excluding carboxylic acids is 1. The van der Waals surface area contributed by atoms with E-state index < -0.39 is 12.2 Å². The number of aliphatic hydroxyl groups is 2. The van der Waals surface area contributed by atoms with Crippen LogP contribution in [0.1, 0.15) is 78.6 Å². The summed E-state index contributed by atoms with van der Waals surface area (Å²) in [6.45, 7) is 15.0. The number of aliphatic hydroxyl groups excluding tert-OH is 2. The molecule has 182 valence electrons. The number of esters is 1. The van der Waals surface area contributed by atoms with Gasteiger partial charge in [0, 0.05) is 17.9 Å². The molecule has 1 heterocycles. The average molecular weight is 455 g/mol. The molecule has 33 heavy (non-hydrogen) atoms. The maximum Gasteiger partial charge on any atom is 0.334 e. The predicted molar refractivity (Wildman–Crippen MR) is 131 cm³/mol. The van der Waals surface area contributed by atoms with Gasteiger partial charge in [-0.3, -0.25) is 0 Å². The van der Waals surface area contributed by atoms with Crippen LogP contribution in [0, 0.1) is 29.1 Å². The van der Waals surface area contributed by atoms with Crippen LogP contribution in [0.25, 0.3) is 0 Å². The van der Waals surface area contributed by atoms with E-state index in [4.69, 9.17) is 4.74 Å². The normalized spacial score (nSPS) is 42.6. The van der Waals surface area contributed by atoms with E-state index in [1.165, 1.54) is 31.3 Å². The van der Waals surface area contributed by atoms with E-state index in [2.05, 4.69) is 46.1 Å². The second kappa shape index (κ2) is 9.54. The lowest BCUT2D eigenvalue weighted by molar-refractivity contribution is -0.140. The third-order valence-corrected chi connectivity index (χ3v) is 9.45. The van der Waals surface area contributed by atoms with E-state index in [0.29, 0.717) is 36.2 Å². The number of carbonyl (C=O) groups is 1. The Morgan fingerprint density at radius 3 is 2.70 bits per heavy atom. The fraction of sp³-hybridized carbons (Fsp3) is 0.690. The van der Waals surface area contributed by atoms with Gasteiger partial charge in [0.15, 0.2) is 0 Å². The van der Waals surface area contributed by atoms with E-state index in [1.807, 2.05) is 0 Å². The van der Waals surface area contributed by atoms with Crippen molar-refractivity contribution >= 4 is 5.97 Å². The molecule has 0 amide bonds. The van der Waals surface area contributed by atoms with Crippen molar-refractivity contribution in [2.75, 3.05) is 0 Å². The van der Waals surface area contributed by atoms with Crippen molar-refractivity contribution in [2.24, 2.45) is 29.1 Å². The molecule has 0 bridgehead atoms. The fourth-order valence-electron chi connectivity index (χ4n) is 7.60.